The highest BCUT2D eigenvalue weighted by Gasteiger charge is 2.52. The summed E-state index contributed by atoms with van der Waals surface area (Å²) in [4.78, 5) is 10.5. The maximum atomic E-state index is 4.87. The predicted molar refractivity (Wildman–Crippen MR) is 227 cm³/mol. The highest BCUT2D eigenvalue weighted by atomic mass is 32.2. The van der Waals surface area contributed by atoms with Gasteiger partial charge in [0.1, 0.15) is 0 Å². The highest BCUT2D eigenvalue weighted by molar-refractivity contribution is 8.03. The number of benzene rings is 5. The minimum atomic E-state index is -0.422. The fraction of sp³-hybridized carbons (Fsp3) is 0.140. The first-order valence-electron chi connectivity index (χ1n) is 19.0. The molecule has 54 heavy (non-hydrogen) atoms. The lowest BCUT2D eigenvalue weighted by Gasteiger charge is -2.50. The van der Waals surface area contributed by atoms with Gasteiger partial charge in [-0.15, -0.1) is 0 Å². The van der Waals surface area contributed by atoms with E-state index in [1.165, 1.54) is 80.5 Å². The third-order valence-corrected chi connectivity index (χ3v) is 14.6. The van der Waals surface area contributed by atoms with Crippen molar-refractivity contribution in [3.8, 4) is 5.69 Å². The quantitative estimate of drug-likeness (QED) is 0.180. The van der Waals surface area contributed by atoms with E-state index in [2.05, 4.69) is 170 Å². The zero-order valence-corrected chi connectivity index (χ0v) is 31.9. The van der Waals surface area contributed by atoms with Gasteiger partial charge >= 0.3 is 0 Å². The Kier molecular flexibility index (Phi) is 7.21. The van der Waals surface area contributed by atoms with Crippen molar-refractivity contribution in [3.63, 3.8) is 0 Å². The minimum Gasteiger partial charge on any atom is -0.309 e. The minimum absolute atomic E-state index is 0.183. The van der Waals surface area contributed by atoms with Gasteiger partial charge < -0.3 is 4.57 Å². The summed E-state index contributed by atoms with van der Waals surface area (Å²) in [5.41, 5.74) is 12.6. The number of pyridine rings is 1. The monoisotopic (exact) mass is 730 g/mol. The van der Waals surface area contributed by atoms with Gasteiger partial charge in [0.05, 0.1) is 22.1 Å². The van der Waals surface area contributed by atoms with Crippen molar-refractivity contribution in [1.29, 1.82) is 0 Å². The van der Waals surface area contributed by atoms with Crippen molar-refractivity contribution in [2.45, 2.75) is 47.3 Å². The summed E-state index contributed by atoms with van der Waals surface area (Å²) >= 11 is 3.96. The van der Waals surface area contributed by atoms with Gasteiger partial charge in [-0.2, -0.15) is 0 Å². The smallest absolute Gasteiger partial charge is 0.0738 e. The lowest BCUT2D eigenvalue weighted by molar-refractivity contribution is 0.555. The van der Waals surface area contributed by atoms with Crippen LogP contribution in [0.15, 0.2) is 195 Å². The number of hydrogen-bond donors (Lipinski definition) is 0. The summed E-state index contributed by atoms with van der Waals surface area (Å²) in [5.74, 6) is 0.370. The molecule has 1 spiro atoms. The van der Waals surface area contributed by atoms with Crippen molar-refractivity contribution in [1.82, 2.24) is 9.55 Å². The van der Waals surface area contributed by atoms with E-state index in [-0.39, 0.29) is 5.41 Å². The Morgan fingerprint density at radius 2 is 1.35 bits per heavy atom. The second kappa shape index (κ2) is 12.1. The van der Waals surface area contributed by atoms with Crippen LogP contribution < -0.4 is 0 Å². The Hall–Kier alpha value is -5.29. The van der Waals surface area contributed by atoms with Gasteiger partial charge in [-0.25, -0.2) is 0 Å². The number of aromatic nitrogens is 2. The van der Waals surface area contributed by atoms with Crippen LogP contribution in [0.25, 0.3) is 33.1 Å². The number of rotatable bonds is 3. The van der Waals surface area contributed by atoms with E-state index in [0.29, 0.717) is 5.92 Å². The molecule has 5 aromatic carbocycles. The summed E-state index contributed by atoms with van der Waals surface area (Å²) in [5, 5.41) is 2.59. The van der Waals surface area contributed by atoms with Crippen molar-refractivity contribution < 1.29 is 0 Å². The topological polar surface area (TPSA) is 17.8 Å². The van der Waals surface area contributed by atoms with Gasteiger partial charge in [-0.1, -0.05) is 141 Å². The van der Waals surface area contributed by atoms with Crippen LogP contribution in [0.4, 0.5) is 0 Å². The van der Waals surface area contributed by atoms with Crippen LogP contribution in [0, 0.1) is 5.92 Å². The fourth-order valence-corrected chi connectivity index (χ4v) is 12.5. The second-order valence-corrected chi connectivity index (χ2v) is 17.7. The molecule has 0 radical (unpaired) electrons. The van der Waals surface area contributed by atoms with Crippen LogP contribution in [-0.4, -0.2) is 9.55 Å². The number of para-hydroxylation sites is 2. The molecule has 260 valence electrons. The molecule has 4 heterocycles. The van der Waals surface area contributed by atoms with Crippen LogP contribution in [0.5, 0.6) is 0 Å². The van der Waals surface area contributed by atoms with E-state index >= 15 is 0 Å². The van der Waals surface area contributed by atoms with Crippen molar-refractivity contribution >= 4 is 50.9 Å². The Labute approximate surface area is 325 Å². The van der Waals surface area contributed by atoms with Gasteiger partial charge in [-0.05, 0) is 117 Å². The Balaban J connectivity index is 1.14. The molecule has 0 fully saturated rings. The van der Waals surface area contributed by atoms with E-state index in [0.717, 1.165) is 18.5 Å². The summed E-state index contributed by atoms with van der Waals surface area (Å²) in [7, 11) is 0. The summed E-state index contributed by atoms with van der Waals surface area (Å²) in [6, 6.07) is 51.6. The second-order valence-electron chi connectivity index (χ2n) is 15.4. The predicted octanol–water partition coefficient (Wildman–Crippen LogP) is 13.2. The molecule has 0 amide bonds. The Morgan fingerprint density at radius 1 is 0.667 bits per heavy atom. The molecular formula is C50H38N2S2. The van der Waals surface area contributed by atoms with E-state index in [1.807, 2.05) is 35.8 Å². The average Bonchev–Trinajstić information content (AvgIpc) is 3.55. The van der Waals surface area contributed by atoms with Crippen molar-refractivity contribution in [2.24, 2.45) is 5.92 Å². The van der Waals surface area contributed by atoms with Crippen LogP contribution in [0.2, 0.25) is 0 Å². The molecule has 4 aliphatic rings. The van der Waals surface area contributed by atoms with Crippen molar-refractivity contribution in [2.75, 3.05) is 0 Å². The first-order valence-corrected chi connectivity index (χ1v) is 20.6. The van der Waals surface area contributed by atoms with Crippen LogP contribution in [-0.2, 0) is 10.8 Å². The van der Waals surface area contributed by atoms with Gasteiger partial charge in [0.15, 0.2) is 0 Å². The van der Waals surface area contributed by atoms with Gasteiger partial charge in [0.25, 0.3) is 0 Å². The maximum Gasteiger partial charge on any atom is 0.0738 e. The zero-order chi connectivity index (χ0) is 36.0. The molecule has 2 aliphatic carbocycles. The SMILES string of the molecule is CC1CC2=C(C=C1c1ccc3c(c1)c1ccccc1n3-c1ccccc1)C1(C3=C(CC(C)(c4ccccn4)C=C3)Sc3ccccc31)c1ccccc1S2. The largest absolute Gasteiger partial charge is 0.309 e. The molecule has 0 saturated heterocycles. The number of nitrogens with zero attached hydrogens (tertiary/aromatic N) is 2. The number of fused-ring (bicyclic) bond motifs is 9. The van der Waals surface area contributed by atoms with E-state index in [4.69, 9.17) is 4.98 Å². The Bertz CT molecular complexity index is 2790. The van der Waals surface area contributed by atoms with Gasteiger partial charge in [0.2, 0.25) is 0 Å². The lowest BCUT2D eigenvalue weighted by Crippen LogP contribution is -2.40. The van der Waals surface area contributed by atoms with Crippen LogP contribution >= 0.6 is 23.5 Å². The normalized spacial score (nSPS) is 22.9. The summed E-state index contributed by atoms with van der Waals surface area (Å²) in [6.45, 7) is 4.78. The van der Waals surface area contributed by atoms with Crippen LogP contribution in [0.3, 0.4) is 0 Å². The summed E-state index contributed by atoms with van der Waals surface area (Å²) in [6.07, 6.45) is 11.4. The van der Waals surface area contributed by atoms with Crippen LogP contribution in [0.1, 0.15) is 49.1 Å². The molecule has 4 heteroatoms. The number of thioether (sulfide) groups is 2. The third kappa shape index (κ3) is 4.60. The number of hydrogen-bond acceptors (Lipinski definition) is 3. The molecule has 2 nitrogen and oxygen atoms in total. The van der Waals surface area contributed by atoms with Gasteiger partial charge in [0, 0.05) is 37.9 Å². The third-order valence-electron chi connectivity index (χ3n) is 12.2. The first kappa shape index (κ1) is 32.2. The zero-order valence-electron chi connectivity index (χ0n) is 30.3. The molecule has 0 saturated carbocycles. The highest BCUT2D eigenvalue weighted by Crippen LogP contribution is 2.65. The molecule has 2 aliphatic heterocycles. The lowest BCUT2D eigenvalue weighted by atomic mass is 9.59. The molecule has 3 atom stereocenters. The number of allylic oxidation sites excluding steroid dienone is 8. The van der Waals surface area contributed by atoms with Crippen molar-refractivity contribution in [3.05, 3.63) is 207 Å². The molecule has 11 rings (SSSR count). The first-order chi connectivity index (χ1) is 26.5. The summed E-state index contributed by atoms with van der Waals surface area (Å²) < 4.78 is 2.41. The van der Waals surface area contributed by atoms with E-state index in [9.17, 15) is 0 Å². The molecule has 0 N–H and O–H groups in total. The molecule has 2 aromatic heterocycles. The fourth-order valence-electron chi connectivity index (χ4n) is 9.68. The van der Waals surface area contributed by atoms with Gasteiger partial charge in [-0.3, -0.25) is 4.98 Å². The van der Waals surface area contributed by atoms with E-state index in [1.54, 1.807) is 0 Å². The molecule has 0 bridgehead atoms. The Morgan fingerprint density at radius 3 is 2.13 bits per heavy atom. The molecule has 3 unspecified atom stereocenters. The standard InChI is InChI=1S/C50H38N2S2/c1-32-28-46-41(30-36(32)33-23-24-43-37(29-33)35-16-6-9-19-42(35)52(43)34-14-4-3-5-15-34)50(38-17-7-10-20-44(38)53-46)39-18-8-11-21-45(39)54-47-31-49(2,26-25-40(47)50)48-22-12-13-27-51-48/h3-27,29-30,32H,28,31H2,1-2H3. The maximum absolute atomic E-state index is 4.87. The molecular weight excluding hydrogens is 693 g/mol. The molecule has 7 aromatic rings. The average molecular weight is 731 g/mol. The van der Waals surface area contributed by atoms with E-state index < -0.39 is 5.41 Å².